The molecule has 7 nitrogen and oxygen atoms in total. The predicted molar refractivity (Wildman–Crippen MR) is 104 cm³/mol. The van der Waals surface area contributed by atoms with Gasteiger partial charge >= 0.3 is 5.97 Å². The number of hydrogen-bond acceptors (Lipinski definition) is 4. The molecule has 0 unspecified atom stereocenters. The number of pyridine rings is 2. The third-order valence-electron chi connectivity index (χ3n) is 5.32. The summed E-state index contributed by atoms with van der Waals surface area (Å²) in [5.74, 6) is -0.398. The summed E-state index contributed by atoms with van der Waals surface area (Å²) in [5.41, 5.74) is 3.44. The predicted octanol–water partition coefficient (Wildman–Crippen LogP) is 3.43. The van der Waals surface area contributed by atoms with Gasteiger partial charge in [-0.1, -0.05) is 6.07 Å². The van der Waals surface area contributed by atoms with Crippen molar-refractivity contribution < 1.29 is 14.6 Å². The first kappa shape index (κ1) is 16.6. The Bertz CT molecular complexity index is 1310. The monoisotopic (exact) mass is 375 g/mol. The standard InChI is InChI=1S/C21H17N3O4/c1-28-19-14(12-4-5-17-13(8-12)10-22-23-17)6-7-24-18(19)15(11-2-3-11)9-16(20(24)25)21(26)27/h4-11H,2-3H2,1H3,(H,22,23)(H,26,27). The van der Waals surface area contributed by atoms with Crippen molar-refractivity contribution in [3.05, 3.63) is 64.2 Å². The maximum absolute atomic E-state index is 12.7. The lowest BCUT2D eigenvalue weighted by Crippen LogP contribution is -2.23. The van der Waals surface area contributed by atoms with Crippen molar-refractivity contribution in [2.24, 2.45) is 0 Å². The van der Waals surface area contributed by atoms with Crippen LogP contribution in [0.25, 0.3) is 27.5 Å². The average molecular weight is 375 g/mol. The van der Waals surface area contributed by atoms with Gasteiger partial charge in [0.25, 0.3) is 5.56 Å². The van der Waals surface area contributed by atoms with Crippen LogP contribution in [0.4, 0.5) is 0 Å². The molecular weight excluding hydrogens is 358 g/mol. The van der Waals surface area contributed by atoms with E-state index in [-0.39, 0.29) is 11.5 Å². The van der Waals surface area contributed by atoms with Crippen LogP contribution in [0.15, 0.2) is 47.5 Å². The Hall–Kier alpha value is -3.61. The number of aromatic nitrogens is 3. The van der Waals surface area contributed by atoms with Crippen LogP contribution in [0.1, 0.15) is 34.7 Å². The van der Waals surface area contributed by atoms with Crippen molar-refractivity contribution in [3.63, 3.8) is 0 Å². The van der Waals surface area contributed by atoms with Gasteiger partial charge in [-0.25, -0.2) is 4.79 Å². The topological polar surface area (TPSA) is 96.7 Å². The fourth-order valence-electron chi connectivity index (χ4n) is 3.79. The van der Waals surface area contributed by atoms with E-state index >= 15 is 0 Å². The van der Waals surface area contributed by atoms with E-state index in [1.165, 1.54) is 10.5 Å². The van der Waals surface area contributed by atoms with Crippen molar-refractivity contribution in [1.82, 2.24) is 14.6 Å². The van der Waals surface area contributed by atoms with Gasteiger partial charge in [0.15, 0.2) is 5.75 Å². The molecule has 0 atom stereocenters. The Balaban J connectivity index is 1.85. The Morgan fingerprint density at radius 1 is 1.29 bits per heavy atom. The summed E-state index contributed by atoms with van der Waals surface area (Å²) in [6, 6.07) is 9.23. The SMILES string of the molecule is COc1c(-c2ccc3[nH]ncc3c2)ccn2c(=O)c(C(=O)O)cc(C3CC3)c12. The first-order valence-corrected chi connectivity index (χ1v) is 9.01. The number of benzene rings is 1. The maximum Gasteiger partial charge on any atom is 0.341 e. The molecule has 28 heavy (non-hydrogen) atoms. The van der Waals surface area contributed by atoms with Crippen molar-refractivity contribution in [2.45, 2.75) is 18.8 Å². The quantitative estimate of drug-likeness (QED) is 0.570. The summed E-state index contributed by atoms with van der Waals surface area (Å²) >= 11 is 0. The summed E-state index contributed by atoms with van der Waals surface area (Å²) in [6.07, 6.45) is 5.33. The van der Waals surface area contributed by atoms with Gasteiger partial charge in [-0.15, -0.1) is 0 Å². The molecule has 0 amide bonds. The van der Waals surface area contributed by atoms with Crippen LogP contribution < -0.4 is 10.3 Å². The number of nitrogens with one attached hydrogen (secondary N) is 1. The number of carboxylic acids is 1. The molecule has 2 N–H and O–H groups in total. The van der Waals surface area contributed by atoms with E-state index in [0.29, 0.717) is 11.3 Å². The van der Waals surface area contributed by atoms with Crippen LogP contribution in [-0.2, 0) is 0 Å². The Morgan fingerprint density at radius 3 is 2.82 bits per heavy atom. The van der Waals surface area contributed by atoms with Crippen LogP contribution in [0.5, 0.6) is 5.75 Å². The third-order valence-corrected chi connectivity index (χ3v) is 5.32. The summed E-state index contributed by atoms with van der Waals surface area (Å²) in [5, 5.41) is 17.4. The lowest BCUT2D eigenvalue weighted by Gasteiger charge is -2.16. The number of methoxy groups -OCH3 is 1. The van der Waals surface area contributed by atoms with Gasteiger partial charge in [0.05, 0.1) is 24.3 Å². The molecule has 140 valence electrons. The van der Waals surface area contributed by atoms with E-state index in [9.17, 15) is 14.7 Å². The number of nitrogens with zero attached hydrogens (tertiary/aromatic N) is 2. The van der Waals surface area contributed by atoms with Gasteiger partial charge in [0.2, 0.25) is 0 Å². The molecule has 4 aromatic rings. The lowest BCUT2D eigenvalue weighted by molar-refractivity contribution is 0.0694. The molecule has 1 fully saturated rings. The van der Waals surface area contributed by atoms with Crippen LogP contribution in [0.2, 0.25) is 0 Å². The van der Waals surface area contributed by atoms with E-state index in [4.69, 9.17) is 4.74 Å². The third kappa shape index (κ3) is 2.40. The smallest absolute Gasteiger partial charge is 0.341 e. The van der Waals surface area contributed by atoms with E-state index in [0.717, 1.165) is 40.4 Å². The van der Waals surface area contributed by atoms with Crippen molar-refractivity contribution in [2.75, 3.05) is 7.11 Å². The molecule has 5 rings (SSSR count). The number of carboxylic acid groups (broad SMARTS) is 1. The Kier molecular flexibility index (Phi) is 3.52. The van der Waals surface area contributed by atoms with Gasteiger partial charge in [-0.2, -0.15) is 5.10 Å². The van der Waals surface area contributed by atoms with E-state index in [1.807, 2.05) is 18.2 Å². The van der Waals surface area contributed by atoms with Gasteiger partial charge < -0.3 is 9.84 Å². The van der Waals surface area contributed by atoms with Crippen molar-refractivity contribution >= 4 is 22.4 Å². The zero-order chi connectivity index (χ0) is 19.4. The summed E-state index contributed by atoms with van der Waals surface area (Å²) in [4.78, 5) is 24.3. The zero-order valence-corrected chi connectivity index (χ0v) is 15.1. The minimum atomic E-state index is -1.21. The van der Waals surface area contributed by atoms with Crippen molar-refractivity contribution in [1.29, 1.82) is 0 Å². The van der Waals surface area contributed by atoms with E-state index in [2.05, 4.69) is 10.2 Å². The molecular formula is C21H17N3O4. The Labute approximate surface area is 159 Å². The van der Waals surface area contributed by atoms with Gasteiger partial charge in [-0.3, -0.25) is 14.3 Å². The largest absolute Gasteiger partial charge is 0.494 e. The summed E-state index contributed by atoms with van der Waals surface area (Å²) in [7, 11) is 1.57. The van der Waals surface area contributed by atoms with Gasteiger partial charge in [-0.05, 0) is 54.2 Å². The molecule has 0 spiro atoms. The molecule has 7 heteroatoms. The number of H-pyrrole nitrogens is 1. The molecule has 0 bridgehead atoms. The van der Waals surface area contributed by atoms with E-state index < -0.39 is 11.5 Å². The van der Waals surface area contributed by atoms with Crippen molar-refractivity contribution in [3.8, 4) is 16.9 Å². The molecule has 3 heterocycles. The molecule has 0 radical (unpaired) electrons. The second kappa shape index (κ2) is 5.95. The van der Waals surface area contributed by atoms with Crippen LogP contribution in [-0.4, -0.2) is 32.8 Å². The minimum Gasteiger partial charge on any atom is -0.494 e. The fourth-order valence-corrected chi connectivity index (χ4v) is 3.79. The first-order valence-electron chi connectivity index (χ1n) is 9.01. The minimum absolute atomic E-state index is 0.214. The highest BCUT2D eigenvalue weighted by molar-refractivity contribution is 5.91. The first-order chi connectivity index (χ1) is 13.6. The zero-order valence-electron chi connectivity index (χ0n) is 15.1. The number of aromatic carboxylic acids is 1. The number of fused-ring (bicyclic) bond motifs is 2. The molecule has 1 aliphatic carbocycles. The number of hydrogen-bond donors (Lipinski definition) is 2. The summed E-state index contributed by atoms with van der Waals surface area (Å²) < 4.78 is 7.15. The molecule has 3 aromatic heterocycles. The second-order valence-corrected chi connectivity index (χ2v) is 7.05. The molecule has 1 aliphatic rings. The molecule has 0 aliphatic heterocycles. The van der Waals surface area contributed by atoms with Crippen LogP contribution in [0.3, 0.4) is 0 Å². The van der Waals surface area contributed by atoms with Gasteiger partial charge in [0.1, 0.15) is 5.56 Å². The highest BCUT2D eigenvalue weighted by Crippen LogP contribution is 2.45. The lowest BCUT2D eigenvalue weighted by atomic mass is 9.99. The van der Waals surface area contributed by atoms with Crippen LogP contribution in [0, 0.1) is 0 Å². The van der Waals surface area contributed by atoms with Gasteiger partial charge in [0, 0.05) is 17.1 Å². The summed E-state index contributed by atoms with van der Waals surface area (Å²) in [6.45, 7) is 0. The molecule has 1 aromatic carbocycles. The number of rotatable bonds is 4. The highest BCUT2D eigenvalue weighted by Gasteiger charge is 2.30. The molecule has 0 saturated heterocycles. The number of ether oxygens (including phenoxy) is 1. The average Bonchev–Trinajstić information content (AvgIpc) is 3.43. The maximum atomic E-state index is 12.7. The van der Waals surface area contributed by atoms with E-state index in [1.54, 1.807) is 25.6 Å². The molecule has 1 saturated carbocycles. The van der Waals surface area contributed by atoms with Crippen LogP contribution >= 0.6 is 0 Å². The normalized spacial score (nSPS) is 13.9. The fraction of sp³-hybridized carbons (Fsp3) is 0.190. The second-order valence-electron chi connectivity index (χ2n) is 7.05. The Morgan fingerprint density at radius 2 is 2.11 bits per heavy atom. The number of carbonyl (C=O) groups is 1. The highest BCUT2D eigenvalue weighted by atomic mass is 16.5. The number of aromatic amines is 1.